The molecule has 0 atom stereocenters. The Bertz CT molecular complexity index is 555. The molecule has 2 rings (SSSR count). The SMILES string of the molecule is CCc1nnc(NCc2cccc([N+](=O)[O-])c2)s1. The van der Waals surface area contributed by atoms with E-state index in [4.69, 9.17) is 0 Å². The van der Waals surface area contributed by atoms with E-state index in [-0.39, 0.29) is 5.69 Å². The molecule has 0 unspecified atom stereocenters. The number of aromatic nitrogens is 2. The summed E-state index contributed by atoms with van der Waals surface area (Å²) in [6.45, 7) is 2.52. The smallest absolute Gasteiger partial charge is 0.269 e. The summed E-state index contributed by atoms with van der Waals surface area (Å²) in [7, 11) is 0. The van der Waals surface area contributed by atoms with Gasteiger partial charge in [0.05, 0.1) is 4.92 Å². The van der Waals surface area contributed by atoms with Crippen LogP contribution >= 0.6 is 11.3 Å². The maximum atomic E-state index is 10.6. The molecule has 0 saturated heterocycles. The molecule has 7 heteroatoms. The van der Waals surface area contributed by atoms with Gasteiger partial charge in [-0.25, -0.2) is 0 Å². The van der Waals surface area contributed by atoms with Crippen molar-refractivity contribution in [1.29, 1.82) is 0 Å². The lowest BCUT2D eigenvalue weighted by Crippen LogP contribution is -1.99. The monoisotopic (exact) mass is 264 g/mol. The lowest BCUT2D eigenvalue weighted by atomic mass is 10.2. The zero-order valence-electron chi connectivity index (χ0n) is 9.79. The van der Waals surface area contributed by atoms with Crippen LogP contribution in [0.5, 0.6) is 0 Å². The van der Waals surface area contributed by atoms with Gasteiger partial charge in [-0.2, -0.15) is 0 Å². The summed E-state index contributed by atoms with van der Waals surface area (Å²) >= 11 is 1.50. The van der Waals surface area contributed by atoms with Crippen molar-refractivity contribution in [2.24, 2.45) is 0 Å². The molecular formula is C11H12N4O2S. The summed E-state index contributed by atoms with van der Waals surface area (Å²) in [4.78, 5) is 10.2. The Balaban J connectivity index is 2.01. The van der Waals surface area contributed by atoms with Gasteiger partial charge in [-0.3, -0.25) is 10.1 Å². The predicted octanol–water partition coefficient (Wildman–Crippen LogP) is 2.62. The minimum absolute atomic E-state index is 0.0980. The Morgan fingerprint density at radius 1 is 1.44 bits per heavy atom. The average Bonchev–Trinajstić information content (AvgIpc) is 2.84. The summed E-state index contributed by atoms with van der Waals surface area (Å²) in [6.07, 6.45) is 0.857. The number of nitrogens with zero attached hydrogens (tertiary/aromatic N) is 3. The van der Waals surface area contributed by atoms with E-state index < -0.39 is 4.92 Å². The number of benzene rings is 1. The van der Waals surface area contributed by atoms with E-state index in [2.05, 4.69) is 15.5 Å². The van der Waals surface area contributed by atoms with Gasteiger partial charge in [0.25, 0.3) is 5.69 Å². The molecular weight excluding hydrogens is 252 g/mol. The molecule has 2 aromatic rings. The Morgan fingerprint density at radius 3 is 2.94 bits per heavy atom. The highest BCUT2D eigenvalue weighted by atomic mass is 32.1. The first-order valence-corrected chi connectivity index (χ1v) is 6.30. The Morgan fingerprint density at radius 2 is 2.28 bits per heavy atom. The van der Waals surface area contributed by atoms with Crippen LogP contribution in [0.25, 0.3) is 0 Å². The number of anilines is 1. The van der Waals surface area contributed by atoms with Crippen molar-refractivity contribution >= 4 is 22.2 Å². The van der Waals surface area contributed by atoms with Gasteiger partial charge < -0.3 is 5.32 Å². The zero-order valence-corrected chi connectivity index (χ0v) is 10.6. The molecule has 0 aliphatic rings. The molecule has 0 spiro atoms. The van der Waals surface area contributed by atoms with Crippen LogP contribution in [0.4, 0.5) is 10.8 Å². The van der Waals surface area contributed by atoms with Gasteiger partial charge in [-0.15, -0.1) is 10.2 Å². The summed E-state index contributed by atoms with van der Waals surface area (Å²) in [5.74, 6) is 0. The van der Waals surface area contributed by atoms with Crippen LogP contribution in [-0.2, 0) is 13.0 Å². The maximum Gasteiger partial charge on any atom is 0.269 e. The van der Waals surface area contributed by atoms with Crippen LogP contribution < -0.4 is 5.32 Å². The molecule has 94 valence electrons. The van der Waals surface area contributed by atoms with Crippen LogP contribution in [0.15, 0.2) is 24.3 Å². The standard InChI is InChI=1S/C11H12N4O2S/c1-2-10-13-14-11(18-10)12-7-8-4-3-5-9(6-8)15(16)17/h3-6H,2,7H2,1H3,(H,12,14). The maximum absolute atomic E-state index is 10.6. The highest BCUT2D eigenvalue weighted by molar-refractivity contribution is 7.15. The molecule has 0 fully saturated rings. The van der Waals surface area contributed by atoms with E-state index >= 15 is 0 Å². The molecule has 6 nitrogen and oxygen atoms in total. The molecule has 18 heavy (non-hydrogen) atoms. The van der Waals surface area contributed by atoms with E-state index in [0.717, 1.165) is 22.1 Å². The van der Waals surface area contributed by atoms with Crippen molar-refractivity contribution in [2.45, 2.75) is 19.9 Å². The third kappa shape index (κ3) is 3.01. The lowest BCUT2D eigenvalue weighted by molar-refractivity contribution is -0.384. The highest BCUT2D eigenvalue weighted by Crippen LogP contribution is 2.18. The molecule has 0 bridgehead atoms. The minimum atomic E-state index is -0.399. The summed E-state index contributed by atoms with van der Waals surface area (Å²) in [5.41, 5.74) is 0.943. The third-order valence-electron chi connectivity index (χ3n) is 2.33. The van der Waals surface area contributed by atoms with Crippen molar-refractivity contribution < 1.29 is 4.92 Å². The zero-order chi connectivity index (χ0) is 13.0. The second kappa shape index (κ2) is 5.54. The summed E-state index contributed by atoms with van der Waals surface area (Å²) < 4.78 is 0. The van der Waals surface area contributed by atoms with E-state index in [1.165, 1.54) is 17.4 Å². The van der Waals surface area contributed by atoms with E-state index in [0.29, 0.717) is 6.54 Å². The minimum Gasteiger partial charge on any atom is -0.356 e. The second-order valence-electron chi connectivity index (χ2n) is 3.64. The summed E-state index contributed by atoms with van der Waals surface area (Å²) in [5, 5.41) is 23.4. The van der Waals surface area contributed by atoms with Gasteiger partial charge in [-0.05, 0) is 12.0 Å². The van der Waals surface area contributed by atoms with Gasteiger partial charge in [0.1, 0.15) is 5.01 Å². The first kappa shape index (κ1) is 12.4. The van der Waals surface area contributed by atoms with Crippen LogP contribution in [0.2, 0.25) is 0 Å². The van der Waals surface area contributed by atoms with Crippen LogP contribution in [0.1, 0.15) is 17.5 Å². The fourth-order valence-corrected chi connectivity index (χ4v) is 2.10. The molecule has 1 aromatic carbocycles. The van der Waals surface area contributed by atoms with E-state index in [9.17, 15) is 10.1 Å². The van der Waals surface area contributed by atoms with Crippen molar-refractivity contribution in [1.82, 2.24) is 10.2 Å². The molecule has 0 aliphatic carbocycles. The molecule has 0 amide bonds. The first-order valence-electron chi connectivity index (χ1n) is 5.48. The molecule has 0 aliphatic heterocycles. The van der Waals surface area contributed by atoms with Crippen molar-refractivity contribution in [2.75, 3.05) is 5.32 Å². The molecule has 0 radical (unpaired) electrons. The number of nitrogens with one attached hydrogen (secondary N) is 1. The largest absolute Gasteiger partial charge is 0.356 e. The molecule has 1 heterocycles. The van der Waals surface area contributed by atoms with Crippen LogP contribution in [-0.4, -0.2) is 15.1 Å². The molecule has 0 saturated carbocycles. The first-order chi connectivity index (χ1) is 8.69. The second-order valence-corrected chi connectivity index (χ2v) is 4.70. The fourth-order valence-electron chi connectivity index (χ4n) is 1.43. The van der Waals surface area contributed by atoms with E-state index in [1.54, 1.807) is 12.1 Å². The highest BCUT2D eigenvalue weighted by Gasteiger charge is 2.06. The van der Waals surface area contributed by atoms with Gasteiger partial charge in [0.2, 0.25) is 5.13 Å². The van der Waals surface area contributed by atoms with Crippen LogP contribution in [0, 0.1) is 10.1 Å². The summed E-state index contributed by atoms with van der Waals surface area (Å²) in [6, 6.07) is 6.53. The number of hydrogen-bond donors (Lipinski definition) is 1. The quantitative estimate of drug-likeness (QED) is 0.663. The van der Waals surface area contributed by atoms with Gasteiger partial charge >= 0.3 is 0 Å². The van der Waals surface area contributed by atoms with Crippen LogP contribution in [0.3, 0.4) is 0 Å². The predicted molar refractivity (Wildman–Crippen MR) is 69.7 cm³/mol. The number of hydrogen-bond acceptors (Lipinski definition) is 6. The molecule has 1 aromatic heterocycles. The number of aryl methyl sites for hydroxylation is 1. The third-order valence-corrected chi connectivity index (χ3v) is 3.36. The van der Waals surface area contributed by atoms with Gasteiger partial charge in [0.15, 0.2) is 0 Å². The number of nitro groups is 1. The number of non-ortho nitro benzene ring substituents is 1. The van der Waals surface area contributed by atoms with Crippen molar-refractivity contribution in [3.63, 3.8) is 0 Å². The Labute approximate surface area is 108 Å². The van der Waals surface area contributed by atoms with Gasteiger partial charge in [0, 0.05) is 18.7 Å². The van der Waals surface area contributed by atoms with Crippen molar-refractivity contribution in [3.8, 4) is 0 Å². The number of rotatable bonds is 5. The van der Waals surface area contributed by atoms with Gasteiger partial charge in [-0.1, -0.05) is 30.4 Å². The lowest BCUT2D eigenvalue weighted by Gasteiger charge is -2.01. The Kier molecular flexibility index (Phi) is 3.83. The fraction of sp³-hybridized carbons (Fsp3) is 0.273. The average molecular weight is 264 g/mol. The van der Waals surface area contributed by atoms with Crippen molar-refractivity contribution in [3.05, 3.63) is 45.0 Å². The Hall–Kier alpha value is -2.02. The topological polar surface area (TPSA) is 81.0 Å². The number of nitro benzene ring substituents is 1. The molecule has 1 N–H and O–H groups in total. The normalized spacial score (nSPS) is 10.3. The van der Waals surface area contributed by atoms with E-state index in [1.807, 2.05) is 13.0 Å².